The molecule has 8 nitrogen and oxygen atoms in total. The minimum Gasteiger partial charge on any atom is -0.488 e. The highest BCUT2D eigenvalue weighted by atomic mass is 35.5. The number of anilines is 1. The van der Waals surface area contributed by atoms with E-state index in [1.54, 1.807) is 47.9 Å². The predicted octanol–water partition coefficient (Wildman–Crippen LogP) is 7.45. The molecule has 3 heterocycles. The van der Waals surface area contributed by atoms with Crippen LogP contribution < -0.4 is 15.4 Å². The molecule has 1 aliphatic heterocycles. The number of aromatic carboxylic acids is 1. The number of amides is 2. The Morgan fingerprint density at radius 2 is 1.83 bits per heavy atom. The van der Waals surface area contributed by atoms with E-state index in [1.807, 2.05) is 37.4 Å². The summed E-state index contributed by atoms with van der Waals surface area (Å²) < 4.78 is 6.04. The van der Waals surface area contributed by atoms with E-state index in [4.69, 9.17) is 16.3 Å². The molecule has 0 aliphatic carbocycles. The van der Waals surface area contributed by atoms with E-state index in [2.05, 4.69) is 15.6 Å². The van der Waals surface area contributed by atoms with Gasteiger partial charge in [-0.05, 0) is 71.0 Å². The van der Waals surface area contributed by atoms with E-state index in [-0.39, 0.29) is 34.1 Å². The van der Waals surface area contributed by atoms with Crippen molar-refractivity contribution in [2.45, 2.75) is 20.5 Å². The van der Waals surface area contributed by atoms with Gasteiger partial charge in [-0.3, -0.25) is 9.59 Å². The predicted molar refractivity (Wildman–Crippen MR) is 165 cm³/mol. The lowest BCUT2D eigenvalue weighted by molar-refractivity contribution is 0.0697. The van der Waals surface area contributed by atoms with Crippen molar-refractivity contribution in [3.63, 3.8) is 0 Å². The zero-order valence-electron chi connectivity index (χ0n) is 22.7. The number of carbonyl (C=O) groups is 3. The van der Waals surface area contributed by atoms with Gasteiger partial charge in [-0.2, -0.15) is 0 Å². The third-order valence-electron chi connectivity index (χ3n) is 7.13. The van der Waals surface area contributed by atoms with Crippen molar-refractivity contribution in [3.05, 3.63) is 93.5 Å². The number of carboxylic acids is 1. The number of hydrogen-bond acceptors (Lipinski definition) is 5. The molecule has 1 aliphatic rings. The number of thiophene rings is 1. The molecule has 0 bridgehead atoms. The van der Waals surface area contributed by atoms with Crippen LogP contribution in [-0.4, -0.2) is 34.4 Å². The average Bonchev–Trinajstić information content (AvgIpc) is 3.66. The second-order valence-corrected chi connectivity index (χ2v) is 11.7. The molecule has 42 heavy (non-hydrogen) atoms. The van der Waals surface area contributed by atoms with Gasteiger partial charge in [0, 0.05) is 50.8 Å². The topological polar surface area (TPSA) is 121 Å². The molecular weight excluding hydrogens is 574 g/mol. The molecular formula is C32H26ClN3O5S. The minimum absolute atomic E-state index is 0.111. The van der Waals surface area contributed by atoms with Crippen molar-refractivity contribution in [1.29, 1.82) is 0 Å². The third kappa shape index (κ3) is 5.01. The lowest BCUT2D eigenvalue weighted by Gasteiger charge is -2.22. The monoisotopic (exact) mass is 599 g/mol. The van der Waals surface area contributed by atoms with Crippen LogP contribution in [0.1, 0.15) is 50.5 Å². The molecule has 0 atom stereocenters. The van der Waals surface area contributed by atoms with Gasteiger partial charge in [0.15, 0.2) is 0 Å². The number of rotatable bonds is 7. The van der Waals surface area contributed by atoms with Gasteiger partial charge >= 0.3 is 5.97 Å². The van der Waals surface area contributed by atoms with Gasteiger partial charge in [0.25, 0.3) is 11.8 Å². The molecule has 0 radical (unpaired) electrons. The van der Waals surface area contributed by atoms with E-state index >= 15 is 0 Å². The van der Waals surface area contributed by atoms with Crippen LogP contribution in [0.4, 0.5) is 5.69 Å². The molecule has 0 saturated heterocycles. The SMILES string of the molecule is CC(C)CNC(=O)c1ccc(-c2cc3c(cc2C(=O)Nc2ccc4[nH]ccc4c2Cl)-c2sccc2CO3)c(C(=O)O)c1. The largest absolute Gasteiger partial charge is 0.488 e. The standard InChI is InChI=1S/C32H26ClN3O5S/c1-16(2)14-35-30(37)17-3-4-19(23(11-17)32(39)40)21-13-27-24(29-18(15-41-27)8-10-42-29)12-22(21)31(38)36-26-6-5-25-20(28(26)33)7-9-34-25/h3-13,16,34H,14-15H2,1-2H3,(H,35,37)(H,36,38)(H,39,40). The number of carbonyl (C=O) groups excluding carboxylic acids is 2. The normalized spacial score (nSPS) is 12.0. The Balaban J connectivity index is 1.48. The maximum atomic E-state index is 13.9. The molecule has 212 valence electrons. The van der Waals surface area contributed by atoms with E-state index < -0.39 is 11.9 Å². The highest BCUT2D eigenvalue weighted by Gasteiger charge is 2.27. The fourth-order valence-electron chi connectivity index (χ4n) is 5.01. The zero-order valence-corrected chi connectivity index (χ0v) is 24.3. The molecule has 0 unspecified atom stereocenters. The number of benzene rings is 3. The molecule has 4 N–H and O–H groups in total. The average molecular weight is 600 g/mol. The van der Waals surface area contributed by atoms with Crippen LogP contribution in [-0.2, 0) is 6.61 Å². The first-order chi connectivity index (χ1) is 20.2. The van der Waals surface area contributed by atoms with Gasteiger partial charge in [0.1, 0.15) is 12.4 Å². The number of fused-ring (bicyclic) bond motifs is 4. The summed E-state index contributed by atoms with van der Waals surface area (Å²) in [6.07, 6.45) is 1.77. The summed E-state index contributed by atoms with van der Waals surface area (Å²) in [6, 6.07) is 15.2. The Hall–Kier alpha value is -4.60. The number of hydrogen-bond donors (Lipinski definition) is 4. The van der Waals surface area contributed by atoms with Crippen LogP contribution >= 0.6 is 22.9 Å². The lowest BCUT2D eigenvalue weighted by Crippen LogP contribution is -2.27. The van der Waals surface area contributed by atoms with Crippen LogP contribution in [0, 0.1) is 5.92 Å². The summed E-state index contributed by atoms with van der Waals surface area (Å²) in [5.41, 5.74) is 3.99. The second-order valence-electron chi connectivity index (χ2n) is 10.4. The van der Waals surface area contributed by atoms with Crippen LogP contribution in [0.3, 0.4) is 0 Å². The van der Waals surface area contributed by atoms with Crippen LogP contribution in [0.5, 0.6) is 5.75 Å². The van der Waals surface area contributed by atoms with Crippen LogP contribution in [0.25, 0.3) is 32.5 Å². The number of halogens is 1. The Morgan fingerprint density at radius 3 is 2.62 bits per heavy atom. The van der Waals surface area contributed by atoms with Crippen molar-refractivity contribution in [2.75, 3.05) is 11.9 Å². The number of carboxylic acid groups (broad SMARTS) is 1. The molecule has 0 saturated carbocycles. The molecule has 2 aromatic heterocycles. The summed E-state index contributed by atoms with van der Waals surface area (Å²) in [6.45, 7) is 4.76. The van der Waals surface area contributed by atoms with E-state index in [0.29, 0.717) is 35.2 Å². The van der Waals surface area contributed by atoms with Gasteiger partial charge in [-0.15, -0.1) is 11.3 Å². The second kappa shape index (κ2) is 11.0. The fraction of sp³-hybridized carbons (Fsp3) is 0.156. The maximum absolute atomic E-state index is 13.9. The number of ether oxygens (including phenoxy) is 1. The number of nitrogens with one attached hydrogen (secondary N) is 3. The Labute approximate surface area is 250 Å². The van der Waals surface area contributed by atoms with E-state index in [9.17, 15) is 19.5 Å². The molecule has 5 aromatic rings. The molecule has 0 spiro atoms. The molecule has 3 aromatic carbocycles. The maximum Gasteiger partial charge on any atom is 0.336 e. The smallest absolute Gasteiger partial charge is 0.336 e. The highest BCUT2D eigenvalue weighted by Crippen LogP contribution is 2.45. The first-order valence-electron chi connectivity index (χ1n) is 13.3. The Bertz CT molecular complexity index is 1890. The van der Waals surface area contributed by atoms with Gasteiger partial charge in [0.2, 0.25) is 0 Å². The summed E-state index contributed by atoms with van der Waals surface area (Å²) in [5, 5.41) is 19.0. The van der Waals surface area contributed by atoms with Crippen molar-refractivity contribution in [3.8, 4) is 27.3 Å². The van der Waals surface area contributed by atoms with Crippen LogP contribution in [0.2, 0.25) is 5.02 Å². The molecule has 10 heteroatoms. The summed E-state index contributed by atoms with van der Waals surface area (Å²) in [7, 11) is 0. The molecule has 2 amide bonds. The van der Waals surface area contributed by atoms with Crippen molar-refractivity contribution in [1.82, 2.24) is 10.3 Å². The lowest BCUT2D eigenvalue weighted by atomic mass is 9.90. The summed E-state index contributed by atoms with van der Waals surface area (Å²) in [5.74, 6) is -1.29. The third-order valence-corrected chi connectivity index (χ3v) is 8.53. The van der Waals surface area contributed by atoms with E-state index in [0.717, 1.165) is 26.9 Å². The minimum atomic E-state index is -1.23. The Morgan fingerprint density at radius 1 is 1.00 bits per heavy atom. The number of H-pyrrole nitrogens is 1. The van der Waals surface area contributed by atoms with Gasteiger partial charge in [-0.25, -0.2) is 4.79 Å². The first-order valence-corrected chi connectivity index (χ1v) is 14.6. The van der Waals surface area contributed by atoms with Gasteiger partial charge < -0.3 is 25.5 Å². The number of aromatic nitrogens is 1. The quantitative estimate of drug-likeness (QED) is 0.155. The van der Waals surface area contributed by atoms with Crippen LogP contribution in [0.15, 0.2) is 66.2 Å². The number of aromatic amines is 1. The first kappa shape index (κ1) is 27.6. The van der Waals surface area contributed by atoms with Gasteiger partial charge in [-0.1, -0.05) is 31.5 Å². The highest BCUT2D eigenvalue weighted by molar-refractivity contribution is 7.13. The van der Waals surface area contributed by atoms with Crippen molar-refractivity contribution < 1.29 is 24.2 Å². The molecule has 0 fully saturated rings. The summed E-state index contributed by atoms with van der Waals surface area (Å²) in [4.78, 5) is 43.3. The van der Waals surface area contributed by atoms with Crippen molar-refractivity contribution >= 4 is 57.3 Å². The Kier molecular flexibility index (Phi) is 7.22. The summed E-state index contributed by atoms with van der Waals surface area (Å²) >= 11 is 8.17. The molecule has 6 rings (SSSR count). The van der Waals surface area contributed by atoms with Gasteiger partial charge in [0.05, 0.1) is 16.3 Å². The van der Waals surface area contributed by atoms with Crippen molar-refractivity contribution in [2.24, 2.45) is 5.92 Å². The zero-order chi connectivity index (χ0) is 29.5. The van der Waals surface area contributed by atoms with E-state index in [1.165, 1.54) is 6.07 Å². The fourth-order valence-corrected chi connectivity index (χ4v) is 6.22.